The van der Waals surface area contributed by atoms with Crippen LogP contribution in [0.5, 0.6) is 0 Å². The Kier molecular flexibility index (Phi) is 5.23. The second-order valence-corrected chi connectivity index (χ2v) is 4.97. The van der Waals surface area contributed by atoms with Crippen molar-refractivity contribution in [3.05, 3.63) is 41.4 Å². The molecule has 1 N–H and O–H groups in total. The zero-order chi connectivity index (χ0) is 11.3. The smallest absolute Gasteiger partial charge is 0.0334 e. The molecule has 15 heavy (non-hydrogen) atoms. The number of hydrogen-bond acceptors (Lipinski definition) is 2. The first kappa shape index (κ1) is 12.6. The molecule has 0 heterocycles. The molecule has 0 radical (unpaired) electrons. The molecule has 0 aromatic heterocycles. The molecule has 0 saturated carbocycles. The summed E-state index contributed by atoms with van der Waals surface area (Å²) in [6.45, 7) is 5.82. The average molecular weight is 242 g/mol. The van der Waals surface area contributed by atoms with Crippen molar-refractivity contribution in [1.29, 1.82) is 0 Å². The lowest BCUT2D eigenvalue weighted by molar-refractivity contribution is 0.651. The van der Waals surface area contributed by atoms with E-state index in [1.165, 1.54) is 10.5 Å². The summed E-state index contributed by atoms with van der Waals surface area (Å²) in [4.78, 5) is 1.23. The van der Waals surface area contributed by atoms with E-state index in [4.69, 9.17) is 11.6 Å². The molecule has 1 aromatic carbocycles. The Morgan fingerprint density at radius 1 is 1.60 bits per heavy atom. The highest BCUT2D eigenvalue weighted by atomic mass is 35.5. The zero-order valence-electron chi connectivity index (χ0n) is 9.09. The lowest BCUT2D eigenvalue weighted by atomic mass is 10.1. The van der Waals surface area contributed by atoms with Crippen LogP contribution >= 0.6 is 23.4 Å². The third-order valence-electron chi connectivity index (χ3n) is 2.19. The average Bonchev–Trinajstić information content (AvgIpc) is 2.25. The Morgan fingerprint density at radius 3 is 2.93 bits per heavy atom. The van der Waals surface area contributed by atoms with Gasteiger partial charge in [-0.25, -0.2) is 0 Å². The second-order valence-electron chi connectivity index (χ2n) is 3.39. The molecule has 82 valence electrons. The van der Waals surface area contributed by atoms with Gasteiger partial charge in [0, 0.05) is 21.7 Å². The number of nitrogens with one attached hydrogen (secondary N) is 1. The molecule has 3 heteroatoms. The van der Waals surface area contributed by atoms with E-state index in [0.717, 1.165) is 5.75 Å². The third kappa shape index (κ3) is 4.29. The van der Waals surface area contributed by atoms with Crippen molar-refractivity contribution in [2.24, 2.45) is 0 Å². The van der Waals surface area contributed by atoms with Crippen LogP contribution in [0.2, 0.25) is 0 Å². The molecule has 1 atom stereocenters. The van der Waals surface area contributed by atoms with E-state index in [0.29, 0.717) is 11.1 Å². The highest BCUT2D eigenvalue weighted by molar-refractivity contribution is 7.99. The Hall–Kier alpha value is -0.440. The highest BCUT2D eigenvalue weighted by Gasteiger charge is 2.03. The molecule has 1 aromatic rings. The van der Waals surface area contributed by atoms with E-state index in [-0.39, 0.29) is 0 Å². The van der Waals surface area contributed by atoms with Crippen molar-refractivity contribution in [3.8, 4) is 0 Å². The number of benzene rings is 1. The van der Waals surface area contributed by atoms with E-state index >= 15 is 0 Å². The Balaban J connectivity index is 2.69. The fourth-order valence-electron chi connectivity index (χ4n) is 1.20. The molecule has 1 unspecified atom stereocenters. The largest absolute Gasteiger partial charge is 0.313 e. The topological polar surface area (TPSA) is 12.0 Å². The van der Waals surface area contributed by atoms with Crippen molar-refractivity contribution in [3.63, 3.8) is 0 Å². The molecule has 1 rings (SSSR count). The van der Waals surface area contributed by atoms with Crippen LogP contribution in [0, 0.1) is 0 Å². The normalized spacial score (nSPS) is 12.5. The van der Waals surface area contributed by atoms with Crippen LogP contribution in [0.25, 0.3) is 0 Å². The van der Waals surface area contributed by atoms with Crippen molar-refractivity contribution < 1.29 is 0 Å². The van der Waals surface area contributed by atoms with Gasteiger partial charge < -0.3 is 5.32 Å². The fraction of sp³-hybridized carbons (Fsp3) is 0.333. The second kappa shape index (κ2) is 6.21. The third-order valence-corrected chi connectivity index (χ3v) is 3.56. The molecule has 0 amide bonds. The maximum Gasteiger partial charge on any atom is 0.0334 e. The minimum Gasteiger partial charge on any atom is -0.313 e. The minimum atomic E-state index is 0.379. The standard InChI is InChI=1S/C12H16ClNS/c1-9(13)8-15-12-6-4-5-11(7-12)10(2)14-3/h4-7,10,14H,1,8H2,2-3H3. The summed E-state index contributed by atoms with van der Waals surface area (Å²) in [6.07, 6.45) is 0. The first-order chi connectivity index (χ1) is 7.13. The van der Waals surface area contributed by atoms with Crippen molar-refractivity contribution in [2.45, 2.75) is 17.9 Å². The van der Waals surface area contributed by atoms with Crippen LogP contribution in [-0.2, 0) is 0 Å². The minimum absolute atomic E-state index is 0.379. The molecule has 0 bridgehead atoms. The Labute approximate surface area is 101 Å². The molecule has 0 fully saturated rings. The molecule has 0 aliphatic rings. The van der Waals surface area contributed by atoms with Gasteiger partial charge in [0.1, 0.15) is 0 Å². The fourth-order valence-corrected chi connectivity index (χ4v) is 2.08. The number of hydrogen-bond donors (Lipinski definition) is 1. The van der Waals surface area contributed by atoms with Crippen LogP contribution < -0.4 is 5.32 Å². The zero-order valence-corrected chi connectivity index (χ0v) is 10.7. The maximum atomic E-state index is 5.73. The van der Waals surface area contributed by atoms with Crippen molar-refractivity contribution >= 4 is 23.4 Å². The number of halogens is 1. The van der Waals surface area contributed by atoms with E-state index < -0.39 is 0 Å². The summed E-state index contributed by atoms with van der Waals surface area (Å²) in [6, 6.07) is 8.86. The lowest BCUT2D eigenvalue weighted by Gasteiger charge is -2.11. The maximum absolute atomic E-state index is 5.73. The van der Waals surface area contributed by atoms with Gasteiger partial charge in [-0.3, -0.25) is 0 Å². The summed E-state index contributed by atoms with van der Waals surface area (Å²) in [5.41, 5.74) is 1.29. The van der Waals surface area contributed by atoms with Crippen LogP contribution in [-0.4, -0.2) is 12.8 Å². The Morgan fingerprint density at radius 2 is 2.33 bits per heavy atom. The number of rotatable bonds is 5. The van der Waals surface area contributed by atoms with Crippen LogP contribution in [0.15, 0.2) is 40.8 Å². The molecule has 0 aliphatic carbocycles. The monoisotopic (exact) mass is 241 g/mol. The van der Waals surface area contributed by atoms with Gasteiger partial charge in [0.25, 0.3) is 0 Å². The summed E-state index contributed by atoms with van der Waals surface area (Å²) < 4.78 is 0. The van der Waals surface area contributed by atoms with Gasteiger partial charge in [0.2, 0.25) is 0 Å². The summed E-state index contributed by atoms with van der Waals surface area (Å²) in [5, 5.41) is 3.91. The van der Waals surface area contributed by atoms with E-state index in [1.807, 2.05) is 7.05 Å². The number of thioether (sulfide) groups is 1. The molecule has 1 nitrogen and oxygen atoms in total. The van der Waals surface area contributed by atoms with Gasteiger partial charge in [-0.05, 0) is 31.7 Å². The summed E-state index contributed by atoms with van der Waals surface area (Å²) in [5.74, 6) is 0.763. The molecule has 0 aliphatic heterocycles. The first-order valence-corrected chi connectivity index (χ1v) is 6.23. The predicted octanol–water partition coefficient (Wildman–Crippen LogP) is 3.81. The van der Waals surface area contributed by atoms with Crippen LogP contribution in [0.1, 0.15) is 18.5 Å². The highest BCUT2D eigenvalue weighted by Crippen LogP contribution is 2.24. The lowest BCUT2D eigenvalue weighted by Crippen LogP contribution is -2.11. The predicted molar refractivity (Wildman–Crippen MR) is 69.6 cm³/mol. The molecular weight excluding hydrogens is 226 g/mol. The first-order valence-electron chi connectivity index (χ1n) is 4.86. The van der Waals surface area contributed by atoms with Gasteiger partial charge in [0.05, 0.1) is 0 Å². The molecule has 0 saturated heterocycles. The quantitative estimate of drug-likeness (QED) is 0.787. The Bertz CT molecular complexity index is 338. The summed E-state index contributed by atoms with van der Waals surface area (Å²) >= 11 is 7.44. The van der Waals surface area contributed by atoms with Crippen LogP contribution in [0.3, 0.4) is 0 Å². The van der Waals surface area contributed by atoms with Crippen molar-refractivity contribution in [2.75, 3.05) is 12.8 Å². The van der Waals surface area contributed by atoms with Gasteiger partial charge in [0.15, 0.2) is 0 Å². The van der Waals surface area contributed by atoms with Crippen LogP contribution in [0.4, 0.5) is 0 Å². The van der Waals surface area contributed by atoms with Gasteiger partial charge in [-0.15, -0.1) is 11.8 Å². The van der Waals surface area contributed by atoms with Gasteiger partial charge in [-0.1, -0.05) is 30.3 Å². The van der Waals surface area contributed by atoms with Crippen molar-refractivity contribution in [1.82, 2.24) is 5.32 Å². The van der Waals surface area contributed by atoms with E-state index in [9.17, 15) is 0 Å². The van der Waals surface area contributed by atoms with E-state index in [2.05, 4.69) is 43.1 Å². The SMILES string of the molecule is C=C(Cl)CSc1cccc(C(C)NC)c1. The summed E-state index contributed by atoms with van der Waals surface area (Å²) in [7, 11) is 1.96. The van der Waals surface area contributed by atoms with Gasteiger partial charge in [-0.2, -0.15) is 0 Å². The molecular formula is C12H16ClNS. The van der Waals surface area contributed by atoms with E-state index in [1.54, 1.807) is 11.8 Å². The van der Waals surface area contributed by atoms with Gasteiger partial charge >= 0.3 is 0 Å². The molecule has 0 spiro atoms.